The van der Waals surface area contributed by atoms with Gasteiger partial charge in [0.25, 0.3) is 0 Å². The SMILES string of the molecule is COc1cc([C@H]2COC(c3ccc(C(F)(F)F)cc3S(=O)c3ccc(C)cc3)=N2)cc(OC)c1O. The number of aromatic hydroxyl groups is 1. The van der Waals surface area contributed by atoms with Crippen LogP contribution in [0.2, 0.25) is 0 Å². The van der Waals surface area contributed by atoms with E-state index in [0.717, 1.165) is 17.7 Å². The van der Waals surface area contributed by atoms with Crippen LogP contribution < -0.4 is 9.47 Å². The molecule has 0 spiro atoms. The second kappa shape index (κ2) is 9.61. The average Bonchev–Trinajstić information content (AvgIpc) is 3.33. The van der Waals surface area contributed by atoms with Crippen molar-refractivity contribution in [3.8, 4) is 17.2 Å². The molecule has 1 aliphatic rings. The number of nitrogens with zero attached hydrogens (tertiary/aromatic N) is 1. The van der Waals surface area contributed by atoms with E-state index in [0.29, 0.717) is 10.5 Å². The van der Waals surface area contributed by atoms with Gasteiger partial charge < -0.3 is 19.3 Å². The van der Waals surface area contributed by atoms with Gasteiger partial charge in [-0.15, -0.1) is 0 Å². The molecule has 0 saturated carbocycles. The van der Waals surface area contributed by atoms with Gasteiger partial charge >= 0.3 is 6.18 Å². The predicted octanol–water partition coefficient (Wildman–Crippen LogP) is 5.42. The number of hydrogen-bond donors (Lipinski definition) is 1. The fraction of sp³-hybridized carbons (Fsp3) is 0.240. The lowest BCUT2D eigenvalue weighted by atomic mass is 10.1. The van der Waals surface area contributed by atoms with Gasteiger partial charge in [0.05, 0.1) is 41.0 Å². The molecule has 3 aromatic carbocycles. The second-order valence-corrected chi connectivity index (χ2v) is 9.27. The van der Waals surface area contributed by atoms with Crippen LogP contribution in [-0.4, -0.2) is 36.0 Å². The molecular formula is C25H22F3NO5S. The molecule has 0 amide bonds. The highest BCUT2D eigenvalue weighted by molar-refractivity contribution is 7.85. The molecule has 0 bridgehead atoms. The van der Waals surface area contributed by atoms with Gasteiger partial charge in [-0.1, -0.05) is 17.7 Å². The summed E-state index contributed by atoms with van der Waals surface area (Å²) in [6.07, 6.45) is -4.61. The van der Waals surface area contributed by atoms with Crippen LogP contribution in [0.25, 0.3) is 0 Å². The minimum atomic E-state index is -4.61. The zero-order valence-electron chi connectivity index (χ0n) is 19.1. The average molecular weight is 506 g/mol. The number of benzene rings is 3. The summed E-state index contributed by atoms with van der Waals surface area (Å²) in [5.41, 5.74) is 0.831. The first-order chi connectivity index (χ1) is 16.6. The first-order valence-corrected chi connectivity index (χ1v) is 11.6. The van der Waals surface area contributed by atoms with Crippen molar-refractivity contribution >= 4 is 16.7 Å². The van der Waals surface area contributed by atoms with Gasteiger partial charge in [0.1, 0.15) is 12.6 Å². The molecule has 0 fully saturated rings. The monoisotopic (exact) mass is 505 g/mol. The molecule has 0 radical (unpaired) electrons. The van der Waals surface area contributed by atoms with Crippen molar-refractivity contribution in [2.75, 3.05) is 20.8 Å². The van der Waals surface area contributed by atoms with Crippen LogP contribution in [-0.2, 0) is 21.7 Å². The quantitative estimate of drug-likeness (QED) is 0.484. The van der Waals surface area contributed by atoms with E-state index in [9.17, 15) is 22.5 Å². The number of phenolic OH excluding ortho intramolecular Hbond substituents is 1. The van der Waals surface area contributed by atoms with Gasteiger partial charge in [-0.05, 0) is 55.0 Å². The van der Waals surface area contributed by atoms with Crippen LogP contribution in [0, 0.1) is 6.92 Å². The van der Waals surface area contributed by atoms with Crippen molar-refractivity contribution in [2.24, 2.45) is 4.99 Å². The number of rotatable bonds is 6. The van der Waals surface area contributed by atoms with E-state index in [-0.39, 0.29) is 40.2 Å². The highest BCUT2D eigenvalue weighted by Crippen LogP contribution is 2.41. The van der Waals surface area contributed by atoms with Crippen LogP contribution in [0.1, 0.15) is 28.3 Å². The summed E-state index contributed by atoms with van der Waals surface area (Å²) in [5.74, 6) is 0.267. The van der Waals surface area contributed by atoms with E-state index in [1.54, 1.807) is 36.4 Å². The van der Waals surface area contributed by atoms with E-state index >= 15 is 0 Å². The predicted molar refractivity (Wildman–Crippen MR) is 124 cm³/mol. The standard InChI is InChI=1S/C25H22F3NO5S/c1-14-4-7-17(8-5-14)35(31)22-12-16(25(26,27)28)6-9-18(22)24-29-19(13-34-24)15-10-20(32-2)23(30)21(11-15)33-3/h4-12,19,30H,13H2,1-3H3/t19-,35?/m1/s1. The highest BCUT2D eigenvalue weighted by Gasteiger charge is 2.33. The molecule has 6 nitrogen and oxygen atoms in total. The van der Waals surface area contributed by atoms with Gasteiger partial charge in [0.15, 0.2) is 11.5 Å². The van der Waals surface area contributed by atoms with Crippen molar-refractivity contribution in [3.63, 3.8) is 0 Å². The lowest BCUT2D eigenvalue weighted by Crippen LogP contribution is -2.11. The molecule has 0 aliphatic carbocycles. The Labute approximate surface area is 202 Å². The Morgan fingerprint density at radius 1 is 1.03 bits per heavy atom. The maximum absolute atomic E-state index is 13.4. The van der Waals surface area contributed by atoms with Gasteiger partial charge in [-0.3, -0.25) is 0 Å². The third kappa shape index (κ3) is 4.97. The summed E-state index contributed by atoms with van der Waals surface area (Å²) in [6, 6.07) is 12.3. The highest BCUT2D eigenvalue weighted by atomic mass is 32.2. The van der Waals surface area contributed by atoms with Crippen LogP contribution in [0.4, 0.5) is 13.2 Å². The van der Waals surface area contributed by atoms with E-state index in [1.807, 2.05) is 6.92 Å². The first-order valence-electron chi connectivity index (χ1n) is 10.5. The molecule has 0 saturated heterocycles. The van der Waals surface area contributed by atoms with Gasteiger partial charge in [0, 0.05) is 4.90 Å². The number of halogens is 3. The minimum Gasteiger partial charge on any atom is -0.502 e. The molecule has 184 valence electrons. The van der Waals surface area contributed by atoms with E-state index < -0.39 is 28.6 Å². The third-order valence-electron chi connectivity index (χ3n) is 5.51. The number of methoxy groups -OCH3 is 2. The summed E-state index contributed by atoms with van der Waals surface area (Å²) in [6.45, 7) is 1.95. The van der Waals surface area contributed by atoms with Crippen molar-refractivity contribution in [1.29, 1.82) is 0 Å². The topological polar surface area (TPSA) is 77.4 Å². The Morgan fingerprint density at radius 2 is 1.66 bits per heavy atom. The smallest absolute Gasteiger partial charge is 0.416 e. The number of phenols is 1. The number of aryl methyl sites for hydroxylation is 1. The number of ether oxygens (including phenoxy) is 3. The normalized spacial score (nSPS) is 16.4. The van der Waals surface area contributed by atoms with E-state index in [1.165, 1.54) is 20.3 Å². The summed E-state index contributed by atoms with van der Waals surface area (Å²) >= 11 is 0. The third-order valence-corrected chi connectivity index (χ3v) is 6.95. The Balaban J connectivity index is 1.78. The minimum absolute atomic E-state index is 0.0519. The van der Waals surface area contributed by atoms with Crippen molar-refractivity contribution in [3.05, 3.63) is 76.9 Å². The second-order valence-electron chi connectivity index (χ2n) is 7.83. The number of alkyl halides is 3. The number of hydrogen-bond acceptors (Lipinski definition) is 6. The summed E-state index contributed by atoms with van der Waals surface area (Å²) < 4.78 is 69.8. The Morgan fingerprint density at radius 3 is 2.23 bits per heavy atom. The zero-order chi connectivity index (χ0) is 25.3. The molecular weight excluding hydrogens is 483 g/mol. The Hall–Kier alpha value is -3.53. The molecule has 1 N–H and O–H groups in total. The number of aliphatic imine (C=N–C) groups is 1. The van der Waals surface area contributed by atoms with E-state index in [4.69, 9.17) is 14.2 Å². The van der Waals surface area contributed by atoms with Crippen LogP contribution in [0.3, 0.4) is 0 Å². The fourth-order valence-corrected chi connectivity index (χ4v) is 4.84. The lowest BCUT2D eigenvalue weighted by Gasteiger charge is -2.13. The molecule has 0 aromatic heterocycles. The van der Waals surface area contributed by atoms with Crippen molar-refractivity contribution in [1.82, 2.24) is 0 Å². The van der Waals surface area contributed by atoms with Gasteiger partial charge in [0.2, 0.25) is 11.6 Å². The molecule has 2 atom stereocenters. The fourth-order valence-electron chi connectivity index (χ4n) is 3.62. The maximum atomic E-state index is 13.4. The Kier molecular flexibility index (Phi) is 6.75. The van der Waals surface area contributed by atoms with Crippen LogP contribution >= 0.6 is 0 Å². The summed E-state index contributed by atoms with van der Waals surface area (Å²) in [7, 11) is 0.881. The van der Waals surface area contributed by atoms with Gasteiger partial charge in [-0.2, -0.15) is 13.2 Å². The van der Waals surface area contributed by atoms with E-state index in [2.05, 4.69) is 4.99 Å². The van der Waals surface area contributed by atoms with Crippen LogP contribution in [0.5, 0.6) is 17.2 Å². The Bertz CT molecular complexity index is 1280. The zero-order valence-corrected chi connectivity index (χ0v) is 19.9. The molecule has 1 unspecified atom stereocenters. The lowest BCUT2D eigenvalue weighted by molar-refractivity contribution is -0.137. The largest absolute Gasteiger partial charge is 0.502 e. The molecule has 3 aromatic rings. The first kappa shape index (κ1) is 24.6. The van der Waals surface area contributed by atoms with Gasteiger partial charge in [-0.25, -0.2) is 9.20 Å². The summed E-state index contributed by atoms with van der Waals surface area (Å²) in [5, 5.41) is 10.2. The summed E-state index contributed by atoms with van der Waals surface area (Å²) in [4.78, 5) is 4.85. The van der Waals surface area contributed by atoms with Crippen molar-refractivity contribution < 1.29 is 36.7 Å². The maximum Gasteiger partial charge on any atom is 0.416 e. The molecule has 4 rings (SSSR count). The molecule has 35 heavy (non-hydrogen) atoms. The molecule has 1 aliphatic heterocycles. The van der Waals surface area contributed by atoms with Crippen LogP contribution in [0.15, 0.2) is 69.4 Å². The van der Waals surface area contributed by atoms with Crippen molar-refractivity contribution in [2.45, 2.75) is 28.9 Å². The molecule has 10 heteroatoms. The molecule has 1 heterocycles.